The number of aromatic nitrogens is 1. The van der Waals surface area contributed by atoms with Gasteiger partial charge >= 0.3 is 0 Å². The van der Waals surface area contributed by atoms with Gasteiger partial charge in [0.05, 0.1) is 21.0 Å². The quantitative estimate of drug-likeness (QED) is 0.760. The summed E-state index contributed by atoms with van der Waals surface area (Å²) < 4.78 is 6.90. The van der Waals surface area contributed by atoms with Crippen LogP contribution in [0.15, 0.2) is 24.3 Å². The second kappa shape index (κ2) is 5.63. The first-order valence-electron chi connectivity index (χ1n) is 6.09. The first kappa shape index (κ1) is 14.3. The van der Waals surface area contributed by atoms with Crippen molar-refractivity contribution >= 4 is 55.5 Å². The highest BCUT2D eigenvalue weighted by atomic mass is 35.5. The third-order valence-electron chi connectivity index (χ3n) is 2.94. The lowest BCUT2D eigenvalue weighted by molar-refractivity contribution is 0.103. The Labute approximate surface area is 134 Å². The van der Waals surface area contributed by atoms with Gasteiger partial charge in [0.1, 0.15) is 11.3 Å². The molecule has 1 aromatic carbocycles. The van der Waals surface area contributed by atoms with Crippen LogP contribution in [0, 0.1) is 6.92 Å². The van der Waals surface area contributed by atoms with Gasteiger partial charge in [-0.1, -0.05) is 29.0 Å². The molecule has 3 aromatic rings. The summed E-state index contributed by atoms with van der Waals surface area (Å²) in [5, 5.41) is 3.35. The molecule has 0 bridgehead atoms. The molecular weight excluding hydrogens is 328 g/mol. The van der Waals surface area contributed by atoms with Crippen molar-refractivity contribution in [2.75, 3.05) is 12.4 Å². The summed E-state index contributed by atoms with van der Waals surface area (Å²) in [6.45, 7) is 2.00. The summed E-state index contributed by atoms with van der Waals surface area (Å²) in [4.78, 5) is 17.1. The number of nitrogens with zero attached hydrogens (tertiary/aromatic N) is 1. The van der Waals surface area contributed by atoms with E-state index in [2.05, 4.69) is 10.3 Å². The number of amides is 1. The van der Waals surface area contributed by atoms with E-state index in [1.807, 2.05) is 19.1 Å². The van der Waals surface area contributed by atoms with Crippen LogP contribution < -0.4 is 10.1 Å². The fraction of sp³-hybridized carbons (Fsp3) is 0.143. The predicted octanol–water partition coefficient (Wildman–Crippen LogP) is 4.58. The van der Waals surface area contributed by atoms with Crippen LogP contribution >= 0.6 is 34.3 Å². The molecule has 0 saturated carbocycles. The zero-order valence-electron chi connectivity index (χ0n) is 11.3. The minimum Gasteiger partial charge on any atom is -0.494 e. The maximum atomic E-state index is 12.1. The summed E-state index contributed by atoms with van der Waals surface area (Å²) in [7, 11) is 1.61. The molecule has 3 rings (SSSR count). The molecular formula is C14H11ClN2O2S2. The number of benzene rings is 1. The van der Waals surface area contributed by atoms with Crippen molar-refractivity contribution in [3.8, 4) is 5.75 Å². The van der Waals surface area contributed by atoms with Gasteiger partial charge in [-0.25, -0.2) is 4.98 Å². The van der Waals surface area contributed by atoms with Gasteiger partial charge in [0.25, 0.3) is 5.91 Å². The average Bonchev–Trinajstić information content (AvgIpc) is 3.06. The lowest BCUT2D eigenvalue weighted by atomic mass is 10.2. The van der Waals surface area contributed by atoms with Crippen LogP contribution in [0.5, 0.6) is 5.75 Å². The molecule has 0 spiro atoms. The second-order valence-electron chi connectivity index (χ2n) is 4.34. The van der Waals surface area contributed by atoms with Crippen molar-refractivity contribution in [3.05, 3.63) is 39.0 Å². The summed E-state index contributed by atoms with van der Waals surface area (Å²) >= 11 is 8.51. The highest BCUT2D eigenvalue weighted by molar-refractivity contribution is 7.22. The Morgan fingerprint density at radius 2 is 2.10 bits per heavy atom. The molecule has 21 heavy (non-hydrogen) atoms. The Morgan fingerprint density at radius 3 is 2.76 bits per heavy atom. The smallest absolute Gasteiger partial charge is 0.267 e. The number of fused-ring (bicyclic) bond motifs is 1. The maximum absolute atomic E-state index is 12.1. The monoisotopic (exact) mass is 338 g/mol. The van der Waals surface area contributed by atoms with Gasteiger partial charge in [-0.2, -0.15) is 0 Å². The molecule has 0 radical (unpaired) electrons. The molecule has 1 amide bonds. The highest BCUT2D eigenvalue weighted by Gasteiger charge is 2.15. The lowest BCUT2D eigenvalue weighted by Gasteiger charge is -2.01. The number of carbonyl (C=O) groups is 1. The third kappa shape index (κ3) is 2.74. The van der Waals surface area contributed by atoms with Crippen molar-refractivity contribution in [2.24, 2.45) is 0 Å². The van der Waals surface area contributed by atoms with E-state index in [-0.39, 0.29) is 5.91 Å². The molecule has 0 fully saturated rings. The number of halogens is 1. The summed E-state index contributed by atoms with van der Waals surface area (Å²) in [6.07, 6.45) is 0. The van der Waals surface area contributed by atoms with Crippen LogP contribution in [0.4, 0.5) is 5.13 Å². The molecule has 0 aliphatic heterocycles. The van der Waals surface area contributed by atoms with Crippen molar-refractivity contribution in [1.82, 2.24) is 4.98 Å². The number of nitrogens with one attached hydrogen (secondary N) is 1. The Kier molecular flexibility index (Phi) is 3.84. The Balaban J connectivity index is 1.94. The predicted molar refractivity (Wildman–Crippen MR) is 88.2 cm³/mol. The van der Waals surface area contributed by atoms with Crippen molar-refractivity contribution in [1.29, 1.82) is 0 Å². The number of hydrogen-bond donors (Lipinski definition) is 1. The summed E-state index contributed by atoms with van der Waals surface area (Å²) in [5.74, 6) is 0.495. The van der Waals surface area contributed by atoms with E-state index in [1.165, 1.54) is 22.7 Å². The van der Waals surface area contributed by atoms with E-state index in [0.29, 0.717) is 20.1 Å². The van der Waals surface area contributed by atoms with E-state index >= 15 is 0 Å². The fourth-order valence-corrected chi connectivity index (χ4v) is 3.81. The minimum absolute atomic E-state index is 0.206. The van der Waals surface area contributed by atoms with Gasteiger partial charge in [0.2, 0.25) is 0 Å². The Morgan fingerprint density at radius 1 is 1.29 bits per heavy atom. The normalized spacial score (nSPS) is 10.8. The van der Waals surface area contributed by atoms with Crippen LogP contribution in [-0.4, -0.2) is 18.0 Å². The molecule has 2 aromatic heterocycles. The van der Waals surface area contributed by atoms with Gasteiger partial charge in [0.15, 0.2) is 5.13 Å². The molecule has 0 aliphatic rings. The average molecular weight is 339 g/mol. The zero-order valence-corrected chi connectivity index (χ0v) is 13.7. The molecule has 2 heterocycles. The van der Waals surface area contributed by atoms with Gasteiger partial charge in [-0.05, 0) is 30.7 Å². The van der Waals surface area contributed by atoms with Gasteiger partial charge in [-0.15, -0.1) is 11.3 Å². The number of carbonyl (C=O) groups excluding carboxylic acids is 1. The molecule has 0 aliphatic carbocycles. The summed E-state index contributed by atoms with van der Waals surface area (Å²) in [6, 6.07) is 7.25. The van der Waals surface area contributed by atoms with Crippen LogP contribution in [0.2, 0.25) is 4.34 Å². The highest BCUT2D eigenvalue weighted by Crippen LogP contribution is 2.35. The number of thiophene rings is 1. The van der Waals surface area contributed by atoms with Crippen LogP contribution in [0.1, 0.15) is 15.2 Å². The minimum atomic E-state index is -0.206. The largest absolute Gasteiger partial charge is 0.494 e. The fourth-order valence-electron chi connectivity index (χ4n) is 1.92. The molecule has 0 unspecified atom stereocenters. The number of anilines is 1. The molecule has 4 nitrogen and oxygen atoms in total. The van der Waals surface area contributed by atoms with Crippen molar-refractivity contribution in [2.45, 2.75) is 6.92 Å². The van der Waals surface area contributed by atoms with E-state index in [1.54, 1.807) is 19.2 Å². The summed E-state index contributed by atoms with van der Waals surface area (Å²) in [5.41, 5.74) is 1.87. The maximum Gasteiger partial charge on any atom is 0.267 e. The zero-order chi connectivity index (χ0) is 15.0. The first-order chi connectivity index (χ1) is 10.1. The standard InChI is InChI=1S/C14H11ClN2O2S2/c1-7-3-4-8(19-2)11-12(7)21-14(16-11)17-13(18)9-5-6-10(15)20-9/h3-6H,1-2H3,(H,16,17,18). The van der Waals surface area contributed by atoms with E-state index in [9.17, 15) is 4.79 Å². The first-order valence-corrected chi connectivity index (χ1v) is 8.10. The molecule has 1 N–H and O–H groups in total. The number of methoxy groups -OCH3 is 1. The topological polar surface area (TPSA) is 51.2 Å². The van der Waals surface area contributed by atoms with E-state index in [0.717, 1.165) is 15.8 Å². The Bertz CT molecular complexity index is 826. The second-order valence-corrected chi connectivity index (χ2v) is 7.05. The Hall–Kier alpha value is -1.63. The van der Waals surface area contributed by atoms with Crippen molar-refractivity contribution < 1.29 is 9.53 Å². The van der Waals surface area contributed by atoms with Crippen LogP contribution in [0.25, 0.3) is 10.2 Å². The van der Waals surface area contributed by atoms with Gasteiger partial charge in [-0.3, -0.25) is 10.1 Å². The number of rotatable bonds is 3. The number of thiazole rings is 1. The van der Waals surface area contributed by atoms with Crippen molar-refractivity contribution in [3.63, 3.8) is 0 Å². The van der Waals surface area contributed by atoms with Crippen LogP contribution in [-0.2, 0) is 0 Å². The third-order valence-corrected chi connectivity index (χ3v) is 5.28. The molecule has 0 saturated heterocycles. The molecule has 7 heteroatoms. The SMILES string of the molecule is COc1ccc(C)c2sc(NC(=O)c3ccc(Cl)s3)nc12. The molecule has 108 valence electrons. The molecule has 0 atom stereocenters. The van der Waals surface area contributed by atoms with Gasteiger partial charge < -0.3 is 4.74 Å². The van der Waals surface area contributed by atoms with E-state index in [4.69, 9.17) is 16.3 Å². The van der Waals surface area contributed by atoms with Gasteiger partial charge in [0, 0.05) is 0 Å². The van der Waals surface area contributed by atoms with Crippen LogP contribution in [0.3, 0.4) is 0 Å². The van der Waals surface area contributed by atoms with E-state index < -0.39 is 0 Å². The lowest BCUT2D eigenvalue weighted by Crippen LogP contribution is -2.09. The number of aryl methyl sites for hydroxylation is 1. The number of hydrogen-bond acceptors (Lipinski definition) is 5. The number of ether oxygens (including phenoxy) is 1.